The first-order chi connectivity index (χ1) is 12.9. The van der Waals surface area contributed by atoms with Gasteiger partial charge in [-0.1, -0.05) is 12.1 Å². The van der Waals surface area contributed by atoms with E-state index in [1.165, 1.54) is 4.90 Å². The summed E-state index contributed by atoms with van der Waals surface area (Å²) in [5, 5.41) is 13.3. The fraction of sp³-hybridized carbons (Fsp3) is 0.421. The number of nitrogens with zero attached hydrogens (tertiary/aromatic N) is 3. The highest BCUT2D eigenvalue weighted by atomic mass is 35.5. The van der Waals surface area contributed by atoms with Crippen LogP contribution < -0.4 is 16.0 Å². The summed E-state index contributed by atoms with van der Waals surface area (Å²) in [7, 11) is 5.25. The van der Waals surface area contributed by atoms with E-state index in [-0.39, 0.29) is 36.2 Å². The number of halogens is 1. The number of aryl methyl sites for hydroxylation is 1. The quantitative estimate of drug-likeness (QED) is 0.702. The molecule has 0 aliphatic carbocycles. The lowest BCUT2D eigenvalue weighted by Gasteiger charge is -2.17. The third kappa shape index (κ3) is 5.24. The predicted molar refractivity (Wildman–Crippen MR) is 111 cm³/mol. The summed E-state index contributed by atoms with van der Waals surface area (Å²) in [6, 6.07) is 7.30. The number of aromatic nitrogens is 2. The van der Waals surface area contributed by atoms with Crippen molar-refractivity contribution in [1.29, 1.82) is 0 Å². The molecular formula is C19H27ClN6O2. The van der Waals surface area contributed by atoms with Crippen molar-refractivity contribution in [2.75, 3.05) is 32.5 Å². The maximum Gasteiger partial charge on any atom is 0.321 e. The molecule has 8 nitrogen and oxygen atoms in total. The summed E-state index contributed by atoms with van der Waals surface area (Å²) in [4.78, 5) is 25.9. The Bertz CT molecular complexity index is 822. The Morgan fingerprint density at radius 1 is 1.32 bits per heavy atom. The second kappa shape index (κ2) is 9.57. The summed E-state index contributed by atoms with van der Waals surface area (Å²) < 4.78 is 1.76. The van der Waals surface area contributed by atoms with Crippen LogP contribution in [0.1, 0.15) is 17.0 Å². The minimum Gasteiger partial charge on any atom is -0.352 e. The molecule has 3 amide bonds. The van der Waals surface area contributed by atoms with E-state index in [4.69, 9.17) is 0 Å². The molecule has 0 saturated carbocycles. The van der Waals surface area contributed by atoms with E-state index in [1.807, 2.05) is 43.7 Å². The Balaban J connectivity index is 0.00000280. The molecule has 2 heterocycles. The number of amides is 3. The Hall–Kier alpha value is -2.58. The molecule has 3 N–H and O–H groups in total. The highest BCUT2D eigenvalue weighted by molar-refractivity contribution is 5.89. The molecule has 0 bridgehead atoms. The lowest BCUT2D eigenvalue weighted by Crippen LogP contribution is -2.34. The van der Waals surface area contributed by atoms with Gasteiger partial charge in [0.1, 0.15) is 0 Å². The van der Waals surface area contributed by atoms with Gasteiger partial charge in [0, 0.05) is 58.6 Å². The van der Waals surface area contributed by atoms with Crippen LogP contribution in [0.3, 0.4) is 0 Å². The molecule has 3 rings (SSSR count). The van der Waals surface area contributed by atoms with Crippen molar-refractivity contribution in [3.63, 3.8) is 0 Å². The molecule has 1 aromatic heterocycles. The van der Waals surface area contributed by atoms with Gasteiger partial charge in [0.05, 0.1) is 12.1 Å². The normalized spacial score (nSPS) is 18.2. The smallest absolute Gasteiger partial charge is 0.321 e. The number of benzene rings is 1. The molecule has 1 aliphatic rings. The SMILES string of the molecule is CN(C)C(=O)Nc1cccc(CNC(=O)[C@H]2CNC[C@@H]2c2cnn(C)c2)c1.Cl. The number of anilines is 1. The van der Waals surface area contributed by atoms with E-state index in [2.05, 4.69) is 21.0 Å². The second-order valence-corrected chi connectivity index (χ2v) is 7.06. The summed E-state index contributed by atoms with van der Waals surface area (Å²) in [5.41, 5.74) is 2.72. The van der Waals surface area contributed by atoms with Crippen LogP contribution in [0, 0.1) is 5.92 Å². The van der Waals surface area contributed by atoms with Gasteiger partial charge < -0.3 is 20.9 Å². The fourth-order valence-electron chi connectivity index (χ4n) is 3.25. The molecular weight excluding hydrogens is 380 g/mol. The van der Waals surface area contributed by atoms with Crippen molar-refractivity contribution < 1.29 is 9.59 Å². The first-order valence-corrected chi connectivity index (χ1v) is 8.98. The highest BCUT2D eigenvalue weighted by Gasteiger charge is 2.34. The zero-order chi connectivity index (χ0) is 19.4. The number of hydrogen-bond donors (Lipinski definition) is 3. The van der Waals surface area contributed by atoms with Crippen molar-refractivity contribution in [2.45, 2.75) is 12.5 Å². The zero-order valence-electron chi connectivity index (χ0n) is 16.3. The average Bonchev–Trinajstić information content (AvgIpc) is 3.28. The van der Waals surface area contributed by atoms with Gasteiger partial charge >= 0.3 is 6.03 Å². The molecule has 1 saturated heterocycles. The van der Waals surface area contributed by atoms with Crippen LogP contribution in [-0.2, 0) is 18.4 Å². The van der Waals surface area contributed by atoms with Gasteiger partial charge in [-0.15, -0.1) is 12.4 Å². The summed E-state index contributed by atoms with van der Waals surface area (Å²) >= 11 is 0. The Morgan fingerprint density at radius 3 is 2.79 bits per heavy atom. The van der Waals surface area contributed by atoms with E-state index in [1.54, 1.807) is 18.8 Å². The van der Waals surface area contributed by atoms with Gasteiger partial charge in [0.15, 0.2) is 0 Å². The van der Waals surface area contributed by atoms with Crippen LogP contribution >= 0.6 is 12.4 Å². The van der Waals surface area contributed by atoms with Crippen LogP contribution in [0.15, 0.2) is 36.7 Å². The Labute approximate surface area is 171 Å². The molecule has 2 aromatic rings. The van der Waals surface area contributed by atoms with E-state index in [9.17, 15) is 9.59 Å². The van der Waals surface area contributed by atoms with Gasteiger partial charge in [-0.05, 0) is 23.3 Å². The van der Waals surface area contributed by atoms with Gasteiger partial charge in [-0.25, -0.2) is 4.79 Å². The van der Waals surface area contributed by atoms with Gasteiger partial charge in [-0.3, -0.25) is 9.48 Å². The first-order valence-electron chi connectivity index (χ1n) is 8.98. The molecule has 152 valence electrons. The summed E-state index contributed by atoms with van der Waals surface area (Å²) in [6.07, 6.45) is 3.80. The topological polar surface area (TPSA) is 91.3 Å². The number of carbonyl (C=O) groups is 2. The van der Waals surface area contributed by atoms with Gasteiger partial charge in [-0.2, -0.15) is 5.10 Å². The summed E-state index contributed by atoms with van der Waals surface area (Å²) in [6.45, 7) is 1.85. The highest BCUT2D eigenvalue weighted by Crippen LogP contribution is 2.28. The lowest BCUT2D eigenvalue weighted by molar-refractivity contribution is -0.125. The zero-order valence-corrected chi connectivity index (χ0v) is 17.1. The van der Waals surface area contributed by atoms with Crippen LogP contribution in [0.4, 0.5) is 10.5 Å². The van der Waals surface area contributed by atoms with Crippen molar-refractivity contribution in [3.05, 3.63) is 47.8 Å². The third-order valence-corrected chi connectivity index (χ3v) is 4.76. The van der Waals surface area contributed by atoms with Crippen LogP contribution in [0.25, 0.3) is 0 Å². The monoisotopic (exact) mass is 406 g/mol. The third-order valence-electron chi connectivity index (χ3n) is 4.76. The number of nitrogens with one attached hydrogen (secondary N) is 3. The van der Waals surface area contributed by atoms with E-state index >= 15 is 0 Å². The van der Waals surface area contributed by atoms with Gasteiger partial charge in [0.25, 0.3) is 0 Å². The number of rotatable bonds is 5. The molecule has 2 atom stereocenters. The molecule has 28 heavy (non-hydrogen) atoms. The Morgan fingerprint density at radius 2 is 2.11 bits per heavy atom. The average molecular weight is 407 g/mol. The number of hydrogen-bond acceptors (Lipinski definition) is 4. The van der Waals surface area contributed by atoms with E-state index < -0.39 is 0 Å². The largest absolute Gasteiger partial charge is 0.352 e. The molecule has 0 radical (unpaired) electrons. The Kier molecular flexibility index (Phi) is 7.42. The van der Waals surface area contributed by atoms with E-state index in [0.717, 1.165) is 17.7 Å². The first kappa shape index (κ1) is 21.7. The minimum absolute atomic E-state index is 0. The second-order valence-electron chi connectivity index (χ2n) is 7.06. The minimum atomic E-state index is -0.187. The molecule has 1 aromatic carbocycles. The van der Waals surface area contributed by atoms with Gasteiger partial charge in [0.2, 0.25) is 5.91 Å². The number of urea groups is 1. The van der Waals surface area contributed by atoms with Crippen LogP contribution in [-0.4, -0.2) is 53.8 Å². The predicted octanol–water partition coefficient (Wildman–Crippen LogP) is 1.55. The standard InChI is InChI=1S/C19H26N6O2.ClH/c1-24(2)19(27)23-15-6-4-5-13(7-15)8-21-18(26)17-11-20-10-16(17)14-9-22-25(3)12-14;/h4-7,9,12,16-17,20H,8,10-11H2,1-3H3,(H,21,26)(H,23,27);1H/t16-,17+;/m1./s1. The van der Waals surface area contributed by atoms with Crippen LogP contribution in [0.2, 0.25) is 0 Å². The van der Waals surface area contributed by atoms with Crippen molar-refractivity contribution >= 4 is 30.0 Å². The molecule has 9 heteroatoms. The lowest BCUT2D eigenvalue weighted by atomic mass is 9.90. The maximum atomic E-state index is 12.7. The molecule has 0 unspecified atom stereocenters. The number of carbonyl (C=O) groups excluding carboxylic acids is 2. The maximum absolute atomic E-state index is 12.7. The van der Waals surface area contributed by atoms with Crippen molar-refractivity contribution in [2.24, 2.45) is 13.0 Å². The molecule has 0 spiro atoms. The van der Waals surface area contributed by atoms with Crippen molar-refractivity contribution in [1.82, 2.24) is 25.3 Å². The summed E-state index contributed by atoms with van der Waals surface area (Å²) in [5.74, 6) is 0.0341. The van der Waals surface area contributed by atoms with Crippen LogP contribution in [0.5, 0.6) is 0 Å². The fourth-order valence-corrected chi connectivity index (χ4v) is 3.25. The van der Waals surface area contributed by atoms with Crippen molar-refractivity contribution in [3.8, 4) is 0 Å². The molecule has 1 fully saturated rings. The molecule has 1 aliphatic heterocycles. The van der Waals surface area contributed by atoms with E-state index in [0.29, 0.717) is 18.8 Å².